The van der Waals surface area contributed by atoms with Crippen molar-refractivity contribution in [3.8, 4) is 5.75 Å². The summed E-state index contributed by atoms with van der Waals surface area (Å²) in [6.45, 7) is 1.77. The fourth-order valence-electron chi connectivity index (χ4n) is 1.91. The summed E-state index contributed by atoms with van der Waals surface area (Å²) in [5, 5.41) is 4.82. The molecule has 2 amide bonds. The molecule has 0 aromatic heterocycles. The molecule has 0 radical (unpaired) electrons. The van der Waals surface area contributed by atoms with E-state index in [-0.39, 0.29) is 24.4 Å². The van der Waals surface area contributed by atoms with Crippen LogP contribution in [0.4, 0.5) is 19.3 Å². The lowest BCUT2D eigenvalue weighted by atomic mass is 10.2. The lowest BCUT2D eigenvalue weighted by Gasteiger charge is -2.19. The molecule has 0 spiro atoms. The van der Waals surface area contributed by atoms with Crippen LogP contribution in [-0.2, 0) is 19.1 Å². The minimum absolute atomic E-state index is 0.0197. The first-order valence-corrected chi connectivity index (χ1v) is 8.53. The summed E-state index contributed by atoms with van der Waals surface area (Å²) in [5.74, 6) is -1.55. The van der Waals surface area contributed by atoms with E-state index in [1.807, 2.05) is 0 Å². The number of para-hydroxylation sites is 2. The number of benzene rings is 1. The van der Waals surface area contributed by atoms with Gasteiger partial charge in [0.2, 0.25) is 0 Å². The third kappa shape index (κ3) is 10.3. The standard InChI is InChI=1S/C18H24F2N2O6/c1-18(2,3)28-17(25)21-10-6-9-15(24)26-11-14(23)22-12-7-4-5-8-13(12)27-16(19)20/h4-5,7-8,16H,6,9-11H2,1-3H3,(H,21,25)(H,22,23). The number of carbonyl (C=O) groups excluding carboxylic acids is 3. The molecule has 1 aromatic carbocycles. The molecule has 1 aromatic rings. The molecule has 1 rings (SSSR count). The third-order valence-corrected chi connectivity index (χ3v) is 2.97. The van der Waals surface area contributed by atoms with Crippen LogP contribution in [-0.4, -0.2) is 43.3 Å². The number of esters is 1. The number of hydrogen-bond donors (Lipinski definition) is 2. The lowest BCUT2D eigenvalue weighted by Crippen LogP contribution is -2.33. The van der Waals surface area contributed by atoms with Crippen molar-refractivity contribution >= 4 is 23.7 Å². The van der Waals surface area contributed by atoms with E-state index in [0.29, 0.717) is 6.42 Å². The van der Waals surface area contributed by atoms with Crippen molar-refractivity contribution in [2.75, 3.05) is 18.5 Å². The summed E-state index contributed by atoms with van der Waals surface area (Å²) in [6.07, 6.45) is -0.316. The van der Waals surface area contributed by atoms with Crippen molar-refractivity contribution in [1.82, 2.24) is 5.32 Å². The lowest BCUT2D eigenvalue weighted by molar-refractivity contribution is -0.147. The van der Waals surface area contributed by atoms with E-state index < -0.39 is 36.8 Å². The van der Waals surface area contributed by atoms with E-state index in [1.165, 1.54) is 24.3 Å². The average molecular weight is 402 g/mol. The first-order valence-electron chi connectivity index (χ1n) is 8.53. The van der Waals surface area contributed by atoms with Crippen molar-refractivity contribution in [1.29, 1.82) is 0 Å². The second kappa shape index (κ2) is 11.1. The van der Waals surface area contributed by atoms with Gasteiger partial charge in [-0.1, -0.05) is 12.1 Å². The van der Waals surface area contributed by atoms with E-state index in [1.54, 1.807) is 20.8 Å². The van der Waals surface area contributed by atoms with Gasteiger partial charge in [0.1, 0.15) is 11.4 Å². The Labute approximate surface area is 161 Å². The molecule has 0 bridgehead atoms. The Morgan fingerprint density at radius 3 is 2.46 bits per heavy atom. The molecular formula is C18H24F2N2O6. The van der Waals surface area contributed by atoms with Crippen LogP contribution in [0.25, 0.3) is 0 Å². The number of alkyl halides is 2. The van der Waals surface area contributed by atoms with Gasteiger partial charge in [0.05, 0.1) is 5.69 Å². The van der Waals surface area contributed by atoms with Gasteiger partial charge in [-0.15, -0.1) is 0 Å². The van der Waals surface area contributed by atoms with Crippen LogP contribution in [0.3, 0.4) is 0 Å². The first-order chi connectivity index (χ1) is 13.1. The molecule has 28 heavy (non-hydrogen) atoms. The minimum atomic E-state index is -3.04. The van der Waals surface area contributed by atoms with Crippen LogP contribution in [0.15, 0.2) is 24.3 Å². The maximum absolute atomic E-state index is 12.3. The summed E-state index contributed by atoms with van der Waals surface area (Å²) in [5.41, 5.74) is -0.583. The SMILES string of the molecule is CC(C)(C)OC(=O)NCCCC(=O)OCC(=O)Nc1ccccc1OC(F)F. The van der Waals surface area contributed by atoms with Gasteiger partial charge < -0.3 is 24.8 Å². The van der Waals surface area contributed by atoms with Crippen LogP contribution >= 0.6 is 0 Å². The molecule has 0 aliphatic rings. The van der Waals surface area contributed by atoms with Crippen LogP contribution in [0, 0.1) is 0 Å². The highest BCUT2D eigenvalue weighted by Crippen LogP contribution is 2.25. The molecular weight excluding hydrogens is 378 g/mol. The zero-order valence-electron chi connectivity index (χ0n) is 15.9. The minimum Gasteiger partial charge on any atom is -0.456 e. The largest absolute Gasteiger partial charge is 0.456 e. The van der Waals surface area contributed by atoms with Gasteiger partial charge >= 0.3 is 18.7 Å². The Bertz CT molecular complexity index is 676. The highest BCUT2D eigenvalue weighted by atomic mass is 19.3. The number of rotatable bonds is 9. The second-order valence-corrected chi connectivity index (χ2v) is 6.62. The maximum Gasteiger partial charge on any atom is 0.407 e. The highest BCUT2D eigenvalue weighted by molar-refractivity contribution is 5.94. The Balaban J connectivity index is 2.28. The third-order valence-electron chi connectivity index (χ3n) is 2.97. The molecule has 0 fully saturated rings. The van der Waals surface area contributed by atoms with Crippen molar-refractivity contribution in [3.63, 3.8) is 0 Å². The fraction of sp³-hybridized carbons (Fsp3) is 0.500. The number of carbonyl (C=O) groups is 3. The molecule has 0 aliphatic carbocycles. The highest BCUT2D eigenvalue weighted by Gasteiger charge is 2.16. The summed E-state index contributed by atoms with van der Waals surface area (Å²) < 4.78 is 38.8. The summed E-state index contributed by atoms with van der Waals surface area (Å²) in [6, 6.07) is 5.64. The van der Waals surface area contributed by atoms with Crippen LogP contribution in [0.2, 0.25) is 0 Å². The molecule has 0 saturated heterocycles. The van der Waals surface area contributed by atoms with Gasteiger partial charge in [-0.3, -0.25) is 9.59 Å². The van der Waals surface area contributed by atoms with E-state index in [4.69, 9.17) is 9.47 Å². The predicted molar refractivity (Wildman–Crippen MR) is 96.1 cm³/mol. The average Bonchev–Trinajstić information content (AvgIpc) is 2.56. The molecule has 0 unspecified atom stereocenters. The van der Waals surface area contributed by atoms with Gasteiger partial charge in [-0.25, -0.2) is 4.79 Å². The summed E-state index contributed by atoms with van der Waals surface area (Å²) >= 11 is 0. The number of nitrogens with one attached hydrogen (secondary N) is 2. The monoisotopic (exact) mass is 402 g/mol. The second-order valence-electron chi connectivity index (χ2n) is 6.62. The maximum atomic E-state index is 12.3. The molecule has 0 atom stereocenters. The van der Waals surface area contributed by atoms with E-state index in [0.717, 1.165) is 0 Å². The fourth-order valence-corrected chi connectivity index (χ4v) is 1.91. The zero-order chi connectivity index (χ0) is 21.2. The summed E-state index contributed by atoms with van der Waals surface area (Å²) in [4.78, 5) is 34.8. The Morgan fingerprint density at radius 1 is 1.14 bits per heavy atom. The number of anilines is 1. The van der Waals surface area contributed by atoms with Gasteiger partial charge in [0, 0.05) is 13.0 Å². The number of alkyl carbamates (subject to hydrolysis) is 1. The molecule has 0 heterocycles. The number of halogens is 2. The van der Waals surface area contributed by atoms with Crippen molar-refractivity contribution in [2.24, 2.45) is 0 Å². The zero-order valence-corrected chi connectivity index (χ0v) is 15.9. The van der Waals surface area contributed by atoms with Crippen molar-refractivity contribution in [2.45, 2.75) is 45.8 Å². The van der Waals surface area contributed by atoms with Gasteiger partial charge in [0.25, 0.3) is 5.91 Å². The molecule has 156 valence electrons. The van der Waals surface area contributed by atoms with Crippen LogP contribution in [0.5, 0.6) is 5.75 Å². The van der Waals surface area contributed by atoms with Crippen LogP contribution < -0.4 is 15.4 Å². The quantitative estimate of drug-likeness (QED) is 0.486. The van der Waals surface area contributed by atoms with Crippen LogP contribution in [0.1, 0.15) is 33.6 Å². The Hall–Kier alpha value is -2.91. The Kier molecular flexibility index (Phi) is 9.13. The van der Waals surface area contributed by atoms with E-state index >= 15 is 0 Å². The molecule has 10 heteroatoms. The number of ether oxygens (including phenoxy) is 3. The van der Waals surface area contributed by atoms with Gasteiger partial charge in [-0.2, -0.15) is 8.78 Å². The molecule has 2 N–H and O–H groups in total. The first kappa shape index (κ1) is 23.1. The van der Waals surface area contributed by atoms with E-state index in [2.05, 4.69) is 15.4 Å². The molecule has 0 aliphatic heterocycles. The summed E-state index contributed by atoms with van der Waals surface area (Å²) in [7, 11) is 0. The molecule has 0 saturated carbocycles. The number of hydrogen-bond acceptors (Lipinski definition) is 6. The number of amides is 2. The smallest absolute Gasteiger partial charge is 0.407 e. The van der Waals surface area contributed by atoms with Gasteiger partial charge in [0.15, 0.2) is 6.61 Å². The van der Waals surface area contributed by atoms with Crippen molar-refractivity contribution in [3.05, 3.63) is 24.3 Å². The molecule has 8 nitrogen and oxygen atoms in total. The van der Waals surface area contributed by atoms with Crippen molar-refractivity contribution < 1.29 is 37.4 Å². The van der Waals surface area contributed by atoms with E-state index in [9.17, 15) is 23.2 Å². The predicted octanol–water partition coefficient (Wildman–Crippen LogP) is 3.07. The Morgan fingerprint density at radius 2 is 1.82 bits per heavy atom. The normalized spacial score (nSPS) is 10.9. The van der Waals surface area contributed by atoms with Gasteiger partial charge in [-0.05, 0) is 39.3 Å². The topological polar surface area (TPSA) is 103 Å².